The Hall–Kier alpha value is 0.574. The van der Waals surface area contributed by atoms with E-state index in [1.165, 1.54) is 31.7 Å². The van der Waals surface area contributed by atoms with Gasteiger partial charge < -0.3 is 9.16 Å². The van der Waals surface area contributed by atoms with Gasteiger partial charge in [-0.15, -0.1) is 0 Å². The van der Waals surface area contributed by atoms with E-state index in [0.29, 0.717) is 6.10 Å². The van der Waals surface area contributed by atoms with Crippen LogP contribution < -0.4 is 0 Å². The van der Waals surface area contributed by atoms with Crippen molar-refractivity contribution in [1.82, 2.24) is 0 Å². The van der Waals surface area contributed by atoms with Crippen LogP contribution in [0.1, 0.15) is 72.6 Å². The van der Waals surface area contributed by atoms with E-state index in [2.05, 4.69) is 88.5 Å². The molecule has 0 bridgehead atoms. The van der Waals surface area contributed by atoms with Gasteiger partial charge >= 0.3 is 0 Å². The average Bonchev–Trinajstić information content (AvgIpc) is 2.78. The smallest absolute Gasteiger partial charge is 0.195 e. The third-order valence-electron chi connectivity index (χ3n) is 6.14. The summed E-state index contributed by atoms with van der Waals surface area (Å²) >= 11 is 4.16. The lowest BCUT2D eigenvalue weighted by Crippen LogP contribution is -2.50. The van der Waals surface area contributed by atoms with E-state index in [9.17, 15) is 0 Å². The predicted octanol–water partition coefficient (Wildman–Crippen LogP) is 8.51. The van der Waals surface area contributed by atoms with Crippen molar-refractivity contribution in [3.63, 3.8) is 0 Å². The molecule has 0 aromatic rings. The van der Waals surface area contributed by atoms with E-state index in [1.807, 2.05) is 0 Å². The Morgan fingerprint density at radius 3 is 2.25 bits per heavy atom. The second kappa shape index (κ2) is 10.7. The van der Waals surface area contributed by atoms with Crippen molar-refractivity contribution in [1.29, 1.82) is 0 Å². The van der Waals surface area contributed by atoms with Crippen molar-refractivity contribution in [2.24, 2.45) is 0 Å². The second-order valence-corrected chi connectivity index (χ2v) is 23.3. The summed E-state index contributed by atoms with van der Waals surface area (Å²) in [6, 6.07) is 1.21. The van der Waals surface area contributed by atoms with Gasteiger partial charge in [-0.25, -0.2) is 0 Å². The topological polar surface area (TPSA) is 18.5 Å². The minimum absolute atomic E-state index is 0.0124. The highest BCUT2D eigenvalue weighted by Crippen LogP contribution is 2.49. The van der Waals surface area contributed by atoms with Gasteiger partial charge in [0.25, 0.3) is 0 Å². The highest BCUT2D eigenvalue weighted by molar-refractivity contribution is 9.10. The van der Waals surface area contributed by atoms with Crippen molar-refractivity contribution in [2.45, 2.75) is 133 Å². The van der Waals surface area contributed by atoms with Crippen LogP contribution in [0.15, 0.2) is 12.2 Å². The summed E-state index contributed by atoms with van der Waals surface area (Å²) in [7, 11) is -3.11. The minimum atomic E-state index is -1.87. The standard InChI is InChI=1S/C23H47BrO2Si2/c1-10-11-12-13-14-15-16-17-20-18-23(24,19-27(5,6)7)21(25-20)26-28(8,9)22(2,3)4/h11-12,20-21H,10,13-19H2,1-9H3/b12-11-/t20?,21-,23-/m0/s1. The number of unbranched alkanes of at least 4 members (excludes halogenated alkanes) is 3. The van der Waals surface area contributed by atoms with E-state index in [-0.39, 0.29) is 15.7 Å². The Morgan fingerprint density at radius 2 is 1.71 bits per heavy atom. The monoisotopic (exact) mass is 490 g/mol. The van der Waals surface area contributed by atoms with Gasteiger partial charge in [-0.3, -0.25) is 0 Å². The van der Waals surface area contributed by atoms with Crippen molar-refractivity contribution in [3.05, 3.63) is 12.2 Å². The first-order valence-electron chi connectivity index (χ1n) is 11.4. The summed E-state index contributed by atoms with van der Waals surface area (Å²) in [5.74, 6) is 0. The number of ether oxygens (including phenoxy) is 1. The van der Waals surface area contributed by atoms with E-state index in [1.54, 1.807) is 0 Å². The molecule has 166 valence electrons. The van der Waals surface area contributed by atoms with Crippen LogP contribution >= 0.6 is 15.9 Å². The molecule has 0 saturated carbocycles. The SMILES string of the molecule is CC/C=C\CCCCCC1C[C@](Br)(C[Si](C)(C)C)[C@H](O[Si](C)(C)C(C)(C)C)O1. The van der Waals surface area contributed by atoms with Gasteiger partial charge in [0, 0.05) is 8.07 Å². The fourth-order valence-electron chi connectivity index (χ4n) is 3.70. The lowest BCUT2D eigenvalue weighted by Gasteiger charge is -2.42. The number of rotatable bonds is 11. The summed E-state index contributed by atoms with van der Waals surface area (Å²) in [6.07, 6.45) is 13.3. The van der Waals surface area contributed by atoms with Crippen LogP contribution in [0.3, 0.4) is 0 Å². The third kappa shape index (κ3) is 8.75. The van der Waals surface area contributed by atoms with Crippen molar-refractivity contribution >= 4 is 32.3 Å². The van der Waals surface area contributed by atoms with E-state index in [0.717, 1.165) is 19.3 Å². The maximum atomic E-state index is 6.81. The number of hydrogen-bond acceptors (Lipinski definition) is 2. The lowest BCUT2D eigenvalue weighted by atomic mass is 10.0. The molecule has 28 heavy (non-hydrogen) atoms. The van der Waals surface area contributed by atoms with Crippen molar-refractivity contribution in [2.75, 3.05) is 0 Å². The Bertz CT molecular complexity index is 494. The third-order valence-corrected chi connectivity index (χ3v) is 13.7. The van der Waals surface area contributed by atoms with Crippen LogP contribution in [0.4, 0.5) is 0 Å². The maximum Gasteiger partial charge on any atom is 0.195 e. The Morgan fingerprint density at radius 1 is 1.07 bits per heavy atom. The molecule has 3 atom stereocenters. The quantitative estimate of drug-likeness (QED) is 0.125. The molecular formula is C23H47BrO2Si2. The van der Waals surface area contributed by atoms with Gasteiger partial charge in [-0.1, -0.05) is 88.3 Å². The van der Waals surface area contributed by atoms with Crippen LogP contribution in [0, 0.1) is 0 Å². The molecule has 1 aliphatic heterocycles. The summed E-state index contributed by atoms with van der Waals surface area (Å²) < 4.78 is 13.4. The molecule has 1 heterocycles. The predicted molar refractivity (Wildman–Crippen MR) is 134 cm³/mol. The Labute approximate surface area is 186 Å². The van der Waals surface area contributed by atoms with Gasteiger partial charge in [-0.05, 0) is 56.3 Å². The van der Waals surface area contributed by atoms with Crippen LogP contribution in [-0.2, 0) is 9.16 Å². The molecule has 0 amide bonds. The Kier molecular flexibility index (Phi) is 10.2. The number of alkyl halides is 1. The zero-order valence-electron chi connectivity index (χ0n) is 20.2. The molecule has 1 rings (SSSR count). The first-order chi connectivity index (χ1) is 12.7. The van der Waals surface area contributed by atoms with E-state index in [4.69, 9.17) is 9.16 Å². The van der Waals surface area contributed by atoms with E-state index < -0.39 is 16.4 Å². The van der Waals surface area contributed by atoms with E-state index >= 15 is 0 Å². The number of hydrogen-bond donors (Lipinski definition) is 0. The van der Waals surface area contributed by atoms with Gasteiger partial charge in [0.2, 0.25) is 0 Å². The highest BCUT2D eigenvalue weighted by Gasteiger charge is 2.52. The molecule has 0 aromatic heterocycles. The van der Waals surface area contributed by atoms with Crippen LogP contribution in [-0.4, -0.2) is 33.1 Å². The molecule has 0 N–H and O–H groups in total. The lowest BCUT2D eigenvalue weighted by molar-refractivity contribution is -0.0901. The minimum Gasteiger partial charge on any atom is -0.391 e. The summed E-state index contributed by atoms with van der Waals surface area (Å²) in [6.45, 7) is 21.2. The molecule has 0 aromatic carbocycles. The van der Waals surface area contributed by atoms with Gasteiger partial charge in [-0.2, -0.15) is 0 Å². The molecule has 1 fully saturated rings. The normalized spacial score (nSPS) is 27.1. The average molecular weight is 492 g/mol. The van der Waals surface area contributed by atoms with Gasteiger partial charge in [0.1, 0.15) is 0 Å². The van der Waals surface area contributed by atoms with Crippen LogP contribution in [0.2, 0.25) is 43.8 Å². The molecule has 0 spiro atoms. The molecule has 0 radical (unpaired) electrons. The molecule has 1 aliphatic rings. The van der Waals surface area contributed by atoms with Crippen LogP contribution in [0.5, 0.6) is 0 Å². The fraction of sp³-hybridized carbons (Fsp3) is 0.913. The zero-order chi connectivity index (χ0) is 21.6. The summed E-state index contributed by atoms with van der Waals surface area (Å²) in [5, 5.41) is 0.202. The first kappa shape index (κ1) is 26.6. The second-order valence-electron chi connectivity index (χ2n) is 11.5. The van der Waals surface area contributed by atoms with Gasteiger partial charge in [0.15, 0.2) is 14.6 Å². The highest BCUT2D eigenvalue weighted by atomic mass is 79.9. The molecule has 0 aliphatic carbocycles. The molecular weight excluding hydrogens is 444 g/mol. The maximum absolute atomic E-state index is 6.81. The van der Waals surface area contributed by atoms with Crippen molar-refractivity contribution in [3.8, 4) is 0 Å². The molecule has 1 unspecified atom stereocenters. The molecule has 1 saturated heterocycles. The zero-order valence-corrected chi connectivity index (χ0v) is 23.7. The van der Waals surface area contributed by atoms with Crippen molar-refractivity contribution < 1.29 is 9.16 Å². The molecule has 5 heteroatoms. The van der Waals surface area contributed by atoms with Gasteiger partial charge in [0.05, 0.1) is 10.4 Å². The number of allylic oxidation sites excluding steroid dienone is 2. The Balaban J connectivity index is 2.71. The first-order valence-corrected chi connectivity index (χ1v) is 18.8. The summed E-state index contributed by atoms with van der Waals surface area (Å²) in [5.41, 5.74) is 0. The number of halogens is 1. The largest absolute Gasteiger partial charge is 0.391 e. The molecule has 2 nitrogen and oxygen atoms in total. The summed E-state index contributed by atoms with van der Waals surface area (Å²) in [4.78, 5) is 0. The fourth-order valence-corrected chi connectivity index (χ4v) is 10.2. The van der Waals surface area contributed by atoms with Crippen LogP contribution in [0.25, 0.3) is 0 Å².